The van der Waals surface area contributed by atoms with Crippen LogP contribution in [0.3, 0.4) is 0 Å². The van der Waals surface area contributed by atoms with Gasteiger partial charge < -0.3 is 20.1 Å². The van der Waals surface area contributed by atoms with Crippen molar-refractivity contribution in [3.8, 4) is 0 Å². The molecule has 0 aromatic carbocycles. The molecular formula is C21H22F7N5O3. The summed E-state index contributed by atoms with van der Waals surface area (Å²) in [6, 6.07) is 0.0886. The summed E-state index contributed by atoms with van der Waals surface area (Å²) in [5.41, 5.74) is -3.75. The number of aliphatic hydroxyl groups is 1. The molecule has 36 heavy (non-hydrogen) atoms. The second-order valence-corrected chi connectivity index (χ2v) is 8.73. The molecule has 1 atom stereocenters. The van der Waals surface area contributed by atoms with Crippen molar-refractivity contribution >= 4 is 11.7 Å². The minimum Gasteiger partial charge on any atom is -0.386 e. The number of nitrogens with zero attached hydrogens (tertiary/aromatic N) is 4. The van der Waals surface area contributed by atoms with Crippen LogP contribution < -0.4 is 5.32 Å². The number of hydrogen-bond donors (Lipinski definition) is 2. The van der Waals surface area contributed by atoms with E-state index in [0.29, 0.717) is 0 Å². The summed E-state index contributed by atoms with van der Waals surface area (Å²) in [7, 11) is 0. The highest BCUT2D eigenvalue weighted by atomic mass is 19.3. The van der Waals surface area contributed by atoms with Crippen molar-refractivity contribution in [2.45, 2.75) is 56.7 Å². The molecule has 2 aliphatic rings. The Labute approximate surface area is 200 Å². The molecule has 4 rings (SSSR count). The molecular weight excluding hydrogens is 503 g/mol. The largest absolute Gasteiger partial charge is 0.386 e. The van der Waals surface area contributed by atoms with Crippen LogP contribution in [0.1, 0.15) is 41.9 Å². The van der Waals surface area contributed by atoms with E-state index >= 15 is 8.78 Å². The number of alkyl halides is 6. The lowest BCUT2D eigenvalue weighted by Crippen LogP contribution is -2.40. The van der Waals surface area contributed by atoms with Gasteiger partial charge in [0.1, 0.15) is 23.6 Å². The summed E-state index contributed by atoms with van der Waals surface area (Å²) in [5.74, 6) is -4.87. The molecule has 0 unspecified atom stereocenters. The monoisotopic (exact) mass is 525 g/mol. The molecule has 0 spiro atoms. The number of urea groups is 1. The number of amides is 2. The smallest absolute Gasteiger partial charge is 0.322 e. The maximum absolute atomic E-state index is 15.1. The van der Waals surface area contributed by atoms with E-state index in [4.69, 9.17) is 4.74 Å². The highest BCUT2D eigenvalue weighted by Gasteiger charge is 2.47. The summed E-state index contributed by atoms with van der Waals surface area (Å²) in [6.07, 6.45) is -6.29. The van der Waals surface area contributed by atoms with Gasteiger partial charge in [-0.3, -0.25) is 9.67 Å². The molecule has 8 nitrogen and oxygen atoms in total. The molecule has 2 aromatic heterocycles. The average molecular weight is 525 g/mol. The summed E-state index contributed by atoms with van der Waals surface area (Å²) in [6.45, 7) is -2.30. The summed E-state index contributed by atoms with van der Waals surface area (Å²) in [4.78, 5) is 17.1. The average Bonchev–Trinajstić information content (AvgIpc) is 3.11. The Kier molecular flexibility index (Phi) is 7.14. The number of rotatable bonds is 6. The normalized spacial score (nSPS) is 21.3. The third kappa shape index (κ3) is 5.26. The van der Waals surface area contributed by atoms with Gasteiger partial charge in [-0.1, -0.05) is 0 Å². The standard InChI is InChI=1S/C21H22F7N5O3/c22-14(23)8-36-10-20(35)3-4-21(27,28)17-11-7-32(6-2-12(11)31-33(17)9-20)19(34)30-13-1-5-29-16(15(13)24)18(25)26/h1,5,14,18,35H,2-4,6-10H2,(H,29,30,34)/t20-/m0/s1. The predicted octanol–water partition coefficient (Wildman–Crippen LogP) is 3.84. The van der Waals surface area contributed by atoms with Gasteiger partial charge >= 0.3 is 6.03 Å². The van der Waals surface area contributed by atoms with Crippen LogP contribution in [-0.2, 0) is 30.2 Å². The Morgan fingerprint density at radius 1 is 1.25 bits per heavy atom. The molecule has 0 radical (unpaired) electrons. The number of aromatic nitrogens is 3. The van der Waals surface area contributed by atoms with Gasteiger partial charge in [-0.25, -0.2) is 26.7 Å². The minimum atomic E-state index is -3.46. The van der Waals surface area contributed by atoms with Crippen LogP contribution in [0, 0.1) is 5.82 Å². The van der Waals surface area contributed by atoms with Crippen molar-refractivity contribution in [3.63, 3.8) is 0 Å². The SMILES string of the molecule is O=C(Nc1ccnc(C(F)F)c1F)N1CCc2nn3c(c2C1)C(F)(F)CC[C@@](O)(COCC(F)F)C3. The molecule has 0 bridgehead atoms. The highest BCUT2D eigenvalue weighted by Crippen LogP contribution is 2.42. The number of carbonyl (C=O) groups excluding carboxylic acids is 1. The first-order chi connectivity index (χ1) is 16.9. The van der Waals surface area contributed by atoms with Gasteiger partial charge in [-0.15, -0.1) is 0 Å². The molecule has 2 N–H and O–H groups in total. The minimum absolute atomic E-state index is 0.0109. The zero-order chi connectivity index (χ0) is 26.3. The molecule has 0 aliphatic carbocycles. The zero-order valence-corrected chi connectivity index (χ0v) is 18.7. The van der Waals surface area contributed by atoms with Crippen LogP contribution >= 0.6 is 0 Å². The van der Waals surface area contributed by atoms with Gasteiger partial charge in [0, 0.05) is 31.1 Å². The molecule has 0 saturated heterocycles. The quantitative estimate of drug-likeness (QED) is 0.560. The molecule has 2 aliphatic heterocycles. The van der Waals surface area contributed by atoms with E-state index in [9.17, 15) is 31.9 Å². The van der Waals surface area contributed by atoms with Crippen molar-refractivity contribution in [2.24, 2.45) is 0 Å². The summed E-state index contributed by atoms with van der Waals surface area (Å²) >= 11 is 0. The number of carbonyl (C=O) groups is 1. The number of hydrogen-bond acceptors (Lipinski definition) is 5. The zero-order valence-electron chi connectivity index (χ0n) is 18.7. The predicted molar refractivity (Wildman–Crippen MR) is 109 cm³/mol. The van der Waals surface area contributed by atoms with Crippen molar-refractivity contribution in [1.29, 1.82) is 0 Å². The van der Waals surface area contributed by atoms with E-state index in [2.05, 4.69) is 15.4 Å². The Bertz CT molecular complexity index is 1130. The lowest BCUT2D eigenvalue weighted by atomic mass is 9.95. The van der Waals surface area contributed by atoms with Gasteiger partial charge in [-0.05, 0) is 12.5 Å². The molecule has 0 saturated carbocycles. The second kappa shape index (κ2) is 9.84. The van der Waals surface area contributed by atoms with Gasteiger partial charge in [0.05, 0.1) is 31.1 Å². The second-order valence-electron chi connectivity index (χ2n) is 8.73. The first-order valence-electron chi connectivity index (χ1n) is 10.9. The number of pyridine rings is 1. The third-order valence-corrected chi connectivity index (χ3v) is 6.06. The number of ether oxygens (including phenoxy) is 1. The first kappa shape index (κ1) is 26.1. The molecule has 4 heterocycles. The van der Waals surface area contributed by atoms with Gasteiger partial charge in [0.25, 0.3) is 18.8 Å². The van der Waals surface area contributed by atoms with Crippen LogP contribution in [0.25, 0.3) is 0 Å². The van der Waals surface area contributed by atoms with Crippen LogP contribution in [0.5, 0.6) is 0 Å². The van der Waals surface area contributed by atoms with E-state index in [1.54, 1.807) is 0 Å². The number of halogens is 7. The van der Waals surface area contributed by atoms with Crippen molar-refractivity contribution in [1.82, 2.24) is 19.7 Å². The van der Waals surface area contributed by atoms with Gasteiger partial charge in [-0.2, -0.15) is 13.9 Å². The number of anilines is 1. The number of nitrogens with one attached hydrogen (secondary N) is 1. The fraction of sp³-hybridized carbons (Fsp3) is 0.571. The molecule has 2 aromatic rings. The van der Waals surface area contributed by atoms with Crippen molar-refractivity contribution in [2.75, 3.05) is 25.1 Å². The van der Waals surface area contributed by atoms with E-state index < -0.39 is 85.9 Å². The lowest BCUT2D eigenvalue weighted by Gasteiger charge is -2.28. The van der Waals surface area contributed by atoms with E-state index in [1.165, 1.54) is 0 Å². The topological polar surface area (TPSA) is 92.5 Å². The van der Waals surface area contributed by atoms with Crippen LogP contribution in [0.2, 0.25) is 0 Å². The maximum Gasteiger partial charge on any atom is 0.322 e. The Morgan fingerprint density at radius 3 is 2.69 bits per heavy atom. The van der Waals surface area contributed by atoms with E-state index in [1.807, 2.05) is 0 Å². The Hall–Kier alpha value is -2.94. The van der Waals surface area contributed by atoms with Gasteiger partial charge in [0.15, 0.2) is 5.82 Å². The molecule has 15 heteroatoms. The Morgan fingerprint density at radius 2 is 2.00 bits per heavy atom. The first-order valence-corrected chi connectivity index (χ1v) is 10.9. The van der Waals surface area contributed by atoms with Crippen LogP contribution in [0.15, 0.2) is 12.3 Å². The molecule has 0 fully saturated rings. The fourth-order valence-corrected chi connectivity index (χ4v) is 4.35. The summed E-state index contributed by atoms with van der Waals surface area (Å²) < 4.78 is 101. The van der Waals surface area contributed by atoms with E-state index in [-0.39, 0.29) is 30.8 Å². The Balaban J connectivity index is 1.55. The highest BCUT2D eigenvalue weighted by molar-refractivity contribution is 5.89. The molecule has 2 amide bonds. The van der Waals surface area contributed by atoms with Gasteiger partial charge in [0.2, 0.25) is 0 Å². The fourth-order valence-electron chi connectivity index (χ4n) is 4.35. The van der Waals surface area contributed by atoms with Crippen LogP contribution in [0.4, 0.5) is 41.2 Å². The lowest BCUT2D eigenvalue weighted by molar-refractivity contribution is -0.0926. The van der Waals surface area contributed by atoms with E-state index in [0.717, 1.165) is 21.8 Å². The summed E-state index contributed by atoms with van der Waals surface area (Å²) in [5, 5.41) is 17.1. The molecule has 198 valence electrons. The van der Waals surface area contributed by atoms with Crippen molar-refractivity contribution < 1.29 is 45.4 Å². The third-order valence-electron chi connectivity index (χ3n) is 6.06. The van der Waals surface area contributed by atoms with Crippen molar-refractivity contribution in [3.05, 3.63) is 40.7 Å². The number of fused-ring (bicyclic) bond motifs is 3. The van der Waals surface area contributed by atoms with Crippen LogP contribution in [-0.4, -0.2) is 62.6 Å². The maximum atomic E-state index is 15.1.